The summed E-state index contributed by atoms with van der Waals surface area (Å²) in [5.74, 6) is 7.64. The van der Waals surface area contributed by atoms with Crippen molar-refractivity contribution >= 4 is 17.6 Å². The molecule has 1 aliphatic rings. The second-order valence-electron chi connectivity index (χ2n) is 5.98. The van der Waals surface area contributed by atoms with Crippen molar-refractivity contribution < 1.29 is 9.90 Å². The Morgan fingerprint density at radius 3 is 2.86 bits per heavy atom. The number of carbonyl (C=O) groups is 1. The molecule has 0 saturated carbocycles. The van der Waals surface area contributed by atoms with Crippen LogP contribution in [0.5, 0.6) is 0 Å². The zero-order valence-electron chi connectivity index (χ0n) is 13.1. The summed E-state index contributed by atoms with van der Waals surface area (Å²) in [5.41, 5.74) is 6.64. The number of nitrogen functional groups attached to an aromatic ring is 1. The van der Waals surface area contributed by atoms with Crippen molar-refractivity contribution in [2.24, 2.45) is 11.8 Å². The third kappa shape index (κ3) is 3.41. The fourth-order valence-electron chi connectivity index (χ4n) is 3.23. The van der Waals surface area contributed by atoms with Gasteiger partial charge in [0.05, 0.1) is 11.7 Å². The van der Waals surface area contributed by atoms with Crippen LogP contribution in [0.1, 0.15) is 26.7 Å². The maximum absolute atomic E-state index is 11.2. The van der Waals surface area contributed by atoms with E-state index in [9.17, 15) is 9.90 Å². The highest BCUT2D eigenvalue weighted by Gasteiger charge is 2.35. The molecule has 5 N–H and O–H groups in total. The minimum absolute atomic E-state index is 0.126. The highest BCUT2D eigenvalue weighted by Crippen LogP contribution is 2.31. The second kappa shape index (κ2) is 6.83. The number of hydrogen-bond acceptors (Lipinski definition) is 5. The lowest BCUT2D eigenvalue weighted by molar-refractivity contribution is 0.104. The maximum atomic E-state index is 11.2. The molecule has 1 radical (unpaired) electrons. The Bertz CT molecular complexity index is 522. The molecule has 1 aromatic heterocycles. The van der Waals surface area contributed by atoms with E-state index in [1.54, 1.807) is 12.3 Å². The van der Waals surface area contributed by atoms with E-state index in [2.05, 4.69) is 9.88 Å². The van der Waals surface area contributed by atoms with Gasteiger partial charge in [-0.2, -0.15) is 0 Å². The van der Waals surface area contributed by atoms with Gasteiger partial charge in [-0.05, 0) is 36.8 Å². The normalized spacial score (nSPS) is 20.0. The molecular formula is C15H24N5O2. The van der Waals surface area contributed by atoms with Crippen LogP contribution >= 0.6 is 0 Å². The fraction of sp³-hybridized carbons (Fsp3) is 0.533. The van der Waals surface area contributed by atoms with Crippen LogP contribution in [0, 0.1) is 11.8 Å². The first-order valence-corrected chi connectivity index (χ1v) is 7.44. The molecule has 2 atom stereocenters. The van der Waals surface area contributed by atoms with Crippen LogP contribution in [0.25, 0.3) is 0 Å². The topological polar surface area (TPSA) is 109 Å². The summed E-state index contributed by atoms with van der Waals surface area (Å²) in [6.07, 6.45) is 2.50. The van der Waals surface area contributed by atoms with Gasteiger partial charge in [0.2, 0.25) is 0 Å². The lowest BCUT2D eigenvalue weighted by Gasteiger charge is -2.41. The van der Waals surface area contributed by atoms with Crippen molar-refractivity contribution in [2.45, 2.75) is 32.7 Å². The molecule has 1 amide bonds. The Hall–Kier alpha value is -2.02. The van der Waals surface area contributed by atoms with Crippen molar-refractivity contribution in [2.75, 3.05) is 23.7 Å². The number of hydrazine groups is 1. The predicted octanol–water partition coefficient (Wildman–Crippen LogP) is 1.72. The third-order valence-electron chi connectivity index (χ3n) is 4.13. The van der Waals surface area contributed by atoms with E-state index in [4.69, 9.17) is 11.6 Å². The average Bonchev–Trinajstić information content (AvgIpc) is 2.47. The molecule has 2 rings (SSSR count). The maximum Gasteiger partial charge on any atom is 0.421 e. The molecule has 0 aliphatic carbocycles. The van der Waals surface area contributed by atoms with Crippen molar-refractivity contribution in [1.82, 2.24) is 9.99 Å². The van der Waals surface area contributed by atoms with E-state index < -0.39 is 6.09 Å². The smallest absolute Gasteiger partial charge is 0.421 e. The Kier molecular flexibility index (Phi) is 5.07. The number of nitrogens with two attached hydrogens (primary N) is 2. The summed E-state index contributed by atoms with van der Waals surface area (Å²) < 4.78 is 0. The Balaban J connectivity index is 2.18. The number of carboxylic acid groups (broad SMARTS) is 1. The van der Waals surface area contributed by atoms with E-state index in [0.717, 1.165) is 36.1 Å². The van der Waals surface area contributed by atoms with Crippen LogP contribution in [-0.4, -0.2) is 40.3 Å². The van der Waals surface area contributed by atoms with Gasteiger partial charge in [-0.25, -0.2) is 20.6 Å². The van der Waals surface area contributed by atoms with Crippen molar-refractivity contribution in [1.29, 1.82) is 0 Å². The summed E-state index contributed by atoms with van der Waals surface area (Å²) >= 11 is 0. The van der Waals surface area contributed by atoms with Crippen molar-refractivity contribution in [3.05, 3.63) is 24.2 Å². The summed E-state index contributed by atoms with van der Waals surface area (Å²) in [4.78, 5) is 17.7. The largest absolute Gasteiger partial charge is 0.464 e. The minimum atomic E-state index is -1.11. The first-order chi connectivity index (χ1) is 10.4. The minimum Gasteiger partial charge on any atom is -0.464 e. The number of rotatable bonds is 4. The molecule has 2 unspecified atom stereocenters. The quantitative estimate of drug-likeness (QED) is 0.444. The van der Waals surface area contributed by atoms with Gasteiger partial charge in [0.15, 0.2) is 5.82 Å². The molecule has 22 heavy (non-hydrogen) atoms. The van der Waals surface area contributed by atoms with Crippen LogP contribution in [0.3, 0.4) is 0 Å². The molecule has 0 bridgehead atoms. The van der Waals surface area contributed by atoms with E-state index in [0.29, 0.717) is 12.2 Å². The molecular weight excluding hydrogens is 282 g/mol. The molecule has 1 aliphatic heterocycles. The molecule has 121 valence electrons. The third-order valence-corrected chi connectivity index (χ3v) is 4.13. The van der Waals surface area contributed by atoms with Gasteiger partial charge >= 0.3 is 6.09 Å². The molecule has 1 fully saturated rings. The molecule has 7 heteroatoms. The summed E-state index contributed by atoms with van der Waals surface area (Å²) in [6.45, 7) is 5.39. The average molecular weight is 306 g/mol. The number of amides is 1. The van der Waals surface area contributed by atoms with Crippen LogP contribution < -0.4 is 16.5 Å². The standard InChI is InChI=1S/C15H24N5O2/c1-10(2)13(20(17)15(21)22)11-5-4-8-19(9-11)14-12(16)6-3-7-18-14/h3,6-7,11,13H,4-5,8-9,16-17H2,1-2H3,(H,21,22). The van der Waals surface area contributed by atoms with Crippen LogP contribution in [0.4, 0.5) is 16.3 Å². The monoisotopic (exact) mass is 306 g/mol. The lowest BCUT2D eigenvalue weighted by atomic mass is 9.84. The molecule has 7 nitrogen and oxygen atoms in total. The molecule has 1 saturated heterocycles. The van der Waals surface area contributed by atoms with Gasteiger partial charge in [0.25, 0.3) is 0 Å². The van der Waals surface area contributed by atoms with Crippen LogP contribution in [0.15, 0.2) is 18.3 Å². The zero-order chi connectivity index (χ0) is 16.3. The fourth-order valence-corrected chi connectivity index (χ4v) is 3.23. The number of pyridine rings is 1. The van der Waals surface area contributed by atoms with E-state index in [1.165, 1.54) is 0 Å². The van der Waals surface area contributed by atoms with E-state index in [-0.39, 0.29) is 12.0 Å². The van der Waals surface area contributed by atoms with Crippen molar-refractivity contribution in [3.63, 3.8) is 0 Å². The first kappa shape index (κ1) is 16.4. The van der Waals surface area contributed by atoms with Crippen molar-refractivity contribution in [3.8, 4) is 0 Å². The van der Waals surface area contributed by atoms with Gasteiger partial charge in [0, 0.05) is 19.3 Å². The predicted molar refractivity (Wildman–Crippen MR) is 86.0 cm³/mol. The SMILES string of the molecule is C[C](C)C(C1CCCN(c2ncccc2N)C1)N(N)C(=O)O. The Morgan fingerprint density at radius 1 is 1.55 bits per heavy atom. The first-order valence-electron chi connectivity index (χ1n) is 7.44. The molecule has 0 spiro atoms. The number of piperidine rings is 1. The number of hydrogen-bond donors (Lipinski definition) is 3. The summed E-state index contributed by atoms with van der Waals surface area (Å²) in [6, 6.07) is 3.33. The van der Waals surface area contributed by atoms with E-state index >= 15 is 0 Å². The molecule has 2 heterocycles. The summed E-state index contributed by atoms with van der Waals surface area (Å²) in [7, 11) is 0. The number of aromatic nitrogens is 1. The highest BCUT2D eigenvalue weighted by molar-refractivity contribution is 5.65. The Labute approximate surface area is 130 Å². The molecule has 1 aromatic rings. The van der Waals surface area contributed by atoms with Gasteiger partial charge in [-0.1, -0.05) is 13.8 Å². The molecule has 0 aromatic carbocycles. The van der Waals surface area contributed by atoms with Gasteiger partial charge in [-0.3, -0.25) is 0 Å². The Morgan fingerprint density at radius 2 is 2.27 bits per heavy atom. The summed E-state index contributed by atoms with van der Waals surface area (Å²) in [5, 5.41) is 10.1. The number of nitrogens with zero attached hydrogens (tertiary/aromatic N) is 3. The van der Waals surface area contributed by atoms with Gasteiger partial charge in [-0.15, -0.1) is 0 Å². The van der Waals surface area contributed by atoms with Gasteiger partial charge < -0.3 is 15.7 Å². The second-order valence-corrected chi connectivity index (χ2v) is 5.98. The van der Waals surface area contributed by atoms with Crippen LogP contribution in [0.2, 0.25) is 0 Å². The van der Waals surface area contributed by atoms with E-state index in [1.807, 2.05) is 19.9 Å². The lowest BCUT2D eigenvalue weighted by Crippen LogP contribution is -2.54. The van der Waals surface area contributed by atoms with Crippen LogP contribution in [-0.2, 0) is 0 Å². The van der Waals surface area contributed by atoms with Gasteiger partial charge in [0.1, 0.15) is 0 Å². The number of anilines is 2. The zero-order valence-corrected chi connectivity index (χ0v) is 13.1. The highest BCUT2D eigenvalue weighted by atomic mass is 16.4.